The lowest BCUT2D eigenvalue weighted by Gasteiger charge is -1.99. The Labute approximate surface area is 92.2 Å². The first-order chi connectivity index (χ1) is 6.32. The van der Waals surface area contributed by atoms with Gasteiger partial charge in [-0.25, -0.2) is 0 Å². The van der Waals surface area contributed by atoms with Gasteiger partial charge in [0.2, 0.25) is 0 Å². The number of hydrogen-bond donors (Lipinski definition) is 1. The molecule has 0 aliphatic heterocycles. The van der Waals surface area contributed by atoms with E-state index in [1.54, 1.807) is 6.92 Å². The first-order valence-electron chi connectivity index (χ1n) is 3.55. The van der Waals surface area contributed by atoms with E-state index >= 15 is 0 Å². The van der Waals surface area contributed by atoms with Crippen LogP contribution < -0.4 is 0 Å². The van der Waals surface area contributed by atoms with Gasteiger partial charge in [-0.05, 0) is 18.6 Å². The molecule has 84 valence electrons. The molecule has 0 atom stereocenters. The zero-order chi connectivity index (χ0) is 10.9. The summed E-state index contributed by atoms with van der Waals surface area (Å²) in [6.07, 6.45) is 0. The number of aryl methyl sites for hydroxylation is 1. The molecule has 0 aliphatic carbocycles. The fourth-order valence-corrected chi connectivity index (χ4v) is 1.63. The molecule has 0 bridgehead atoms. The molecule has 0 unspecified atom stereocenters. The molecule has 0 radical (unpaired) electrons. The number of hydrogen-bond acceptors (Lipinski definition) is 4. The van der Waals surface area contributed by atoms with Crippen molar-refractivity contribution in [2.45, 2.75) is 11.8 Å². The highest BCUT2D eigenvalue weighted by molar-refractivity contribution is 7.86. The Balaban J connectivity index is 0.00000196. The Hall–Kier alpha value is -1.18. The van der Waals surface area contributed by atoms with Crippen molar-refractivity contribution in [2.24, 2.45) is 0 Å². The maximum absolute atomic E-state index is 10.7. The highest BCUT2D eigenvalue weighted by atomic mass is 35.5. The zero-order valence-electron chi connectivity index (χ0n) is 7.58. The lowest BCUT2D eigenvalue weighted by molar-refractivity contribution is -0.387. The van der Waals surface area contributed by atoms with E-state index in [1.165, 1.54) is 6.07 Å². The van der Waals surface area contributed by atoms with Crippen molar-refractivity contribution in [3.8, 4) is 0 Å². The van der Waals surface area contributed by atoms with E-state index in [9.17, 15) is 18.5 Å². The molecule has 0 saturated heterocycles. The van der Waals surface area contributed by atoms with Gasteiger partial charge in [-0.15, -0.1) is 12.4 Å². The Morgan fingerprint density at radius 1 is 1.40 bits per heavy atom. The van der Waals surface area contributed by atoms with Crippen LogP contribution in [0.3, 0.4) is 0 Å². The predicted molar refractivity (Wildman–Crippen MR) is 54.9 cm³/mol. The monoisotopic (exact) mass is 253 g/mol. The van der Waals surface area contributed by atoms with Gasteiger partial charge in [0.25, 0.3) is 5.69 Å². The summed E-state index contributed by atoms with van der Waals surface area (Å²) in [5.74, 6) is 0. The summed E-state index contributed by atoms with van der Waals surface area (Å²) in [5, 5.41) is 10.5. The van der Waals surface area contributed by atoms with Crippen LogP contribution in [0.5, 0.6) is 0 Å². The topological polar surface area (TPSA) is 97.5 Å². The molecule has 1 rings (SSSR count). The minimum atomic E-state index is -4.54. The first kappa shape index (κ1) is 13.8. The summed E-state index contributed by atoms with van der Waals surface area (Å²) in [4.78, 5) is 8.91. The minimum Gasteiger partial charge on any atom is -0.282 e. The molecular formula is C7H8ClNO5S. The number of halogens is 1. The van der Waals surface area contributed by atoms with Gasteiger partial charge in [0.15, 0.2) is 4.90 Å². The van der Waals surface area contributed by atoms with Gasteiger partial charge in [0.05, 0.1) is 4.92 Å². The SMILES string of the molecule is Cc1ccc(S(=O)(=O)O)c([N+](=O)[O-])c1.Cl. The summed E-state index contributed by atoms with van der Waals surface area (Å²) in [6, 6.07) is 3.46. The lowest BCUT2D eigenvalue weighted by atomic mass is 10.2. The van der Waals surface area contributed by atoms with Crippen LogP contribution in [0.25, 0.3) is 0 Å². The molecule has 0 spiro atoms. The maximum Gasteiger partial charge on any atom is 0.301 e. The standard InChI is InChI=1S/C7H7NO5S.ClH/c1-5-2-3-7(14(11,12)13)6(4-5)8(9)10;/h2-4H,1H3,(H,11,12,13);1H. The summed E-state index contributed by atoms with van der Waals surface area (Å²) in [7, 11) is -4.54. The van der Waals surface area contributed by atoms with Gasteiger partial charge in [-0.3, -0.25) is 14.7 Å². The van der Waals surface area contributed by atoms with E-state index in [1.807, 2.05) is 0 Å². The van der Waals surface area contributed by atoms with E-state index in [-0.39, 0.29) is 12.4 Å². The average Bonchev–Trinajstić information content (AvgIpc) is 2.01. The third-order valence-electron chi connectivity index (χ3n) is 1.59. The van der Waals surface area contributed by atoms with Crippen LogP contribution in [-0.4, -0.2) is 17.9 Å². The van der Waals surface area contributed by atoms with Crippen LogP contribution >= 0.6 is 12.4 Å². The quantitative estimate of drug-likeness (QED) is 0.490. The van der Waals surface area contributed by atoms with Gasteiger partial charge in [-0.1, -0.05) is 6.07 Å². The minimum absolute atomic E-state index is 0. The second kappa shape index (κ2) is 4.56. The largest absolute Gasteiger partial charge is 0.301 e. The number of benzene rings is 1. The van der Waals surface area contributed by atoms with Crippen molar-refractivity contribution >= 4 is 28.2 Å². The summed E-state index contributed by atoms with van der Waals surface area (Å²) < 4.78 is 30.1. The Morgan fingerprint density at radius 3 is 2.33 bits per heavy atom. The van der Waals surface area contributed by atoms with Gasteiger partial charge >= 0.3 is 10.1 Å². The smallest absolute Gasteiger partial charge is 0.282 e. The molecule has 15 heavy (non-hydrogen) atoms. The molecule has 8 heteroatoms. The van der Waals surface area contributed by atoms with Crippen LogP contribution in [0.2, 0.25) is 0 Å². The van der Waals surface area contributed by atoms with E-state index in [4.69, 9.17) is 4.55 Å². The molecular weight excluding hydrogens is 246 g/mol. The molecule has 6 nitrogen and oxygen atoms in total. The first-order valence-corrected chi connectivity index (χ1v) is 4.99. The fourth-order valence-electron chi connectivity index (χ4n) is 0.988. The van der Waals surface area contributed by atoms with Crippen molar-refractivity contribution in [1.29, 1.82) is 0 Å². The second-order valence-electron chi connectivity index (χ2n) is 2.70. The number of nitro benzene ring substituents is 1. The van der Waals surface area contributed by atoms with Crippen molar-refractivity contribution < 1.29 is 17.9 Å². The van der Waals surface area contributed by atoms with Crippen LogP contribution in [0.1, 0.15) is 5.56 Å². The highest BCUT2D eigenvalue weighted by Crippen LogP contribution is 2.24. The Morgan fingerprint density at radius 2 is 1.93 bits per heavy atom. The van der Waals surface area contributed by atoms with E-state index in [0.29, 0.717) is 5.56 Å². The van der Waals surface area contributed by atoms with E-state index in [0.717, 1.165) is 12.1 Å². The lowest BCUT2D eigenvalue weighted by Crippen LogP contribution is -2.03. The molecule has 1 N–H and O–H groups in total. The molecule has 1 aromatic rings. The van der Waals surface area contributed by atoms with Crippen molar-refractivity contribution in [3.63, 3.8) is 0 Å². The van der Waals surface area contributed by atoms with Crippen LogP contribution in [0.15, 0.2) is 23.1 Å². The zero-order valence-corrected chi connectivity index (χ0v) is 9.21. The van der Waals surface area contributed by atoms with Gasteiger partial charge < -0.3 is 0 Å². The van der Waals surface area contributed by atoms with Crippen LogP contribution in [0.4, 0.5) is 5.69 Å². The van der Waals surface area contributed by atoms with Crippen molar-refractivity contribution in [1.82, 2.24) is 0 Å². The Bertz CT molecular complexity index is 484. The fraction of sp³-hybridized carbons (Fsp3) is 0.143. The molecule has 0 aliphatic rings. The van der Waals surface area contributed by atoms with Crippen molar-refractivity contribution in [2.75, 3.05) is 0 Å². The van der Waals surface area contributed by atoms with Crippen molar-refractivity contribution in [3.05, 3.63) is 33.9 Å². The number of rotatable bonds is 2. The molecule has 0 saturated carbocycles. The average molecular weight is 254 g/mol. The highest BCUT2D eigenvalue weighted by Gasteiger charge is 2.23. The Kier molecular flexibility index (Phi) is 4.20. The number of nitro groups is 1. The molecule has 0 fully saturated rings. The molecule has 1 aromatic carbocycles. The third kappa shape index (κ3) is 3.15. The van der Waals surface area contributed by atoms with Gasteiger partial charge in [-0.2, -0.15) is 8.42 Å². The van der Waals surface area contributed by atoms with E-state index in [2.05, 4.69) is 0 Å². The number of nitrogens with zero attached hydrogens (tertiary/aromatic N) is 1. The van der Waals surface area contributed by atoms with Crippen LogP contribution in [-0.2, 0) is 10.1 Å². The van der Waals surface area contributed by atoms with Gasteiger partial charge in [0, 0.05) is 6.07 Å². The molecule has 0 aromatic heterocycles. The predicted octanol–water partition coefficient (Wildman–Crippen LogP) is 1.57. The maximum atomic E-state index is 10.7. The summed E-state index contributed by atoms with van der Waals surface area (Å²) in [6.45, 7) is 1.58. The normalized spacial score (nSPS) is 10.5. The summed E-state index contributed by atoms with van der Waals surface area (Å²) >= 11 is 0. The van der Waals surface area contributed by atoms with Crippen LogP contribution in [0, 0.1) is 17.0 Å². The second-order valence-corrected chi connectivity index (χ2v) is 4.09. The van der Waals surface area contributed by atoms with Gasteiger partial charge in [0.1, 0.15) is 0 Å². The molecule has 0 amide bonds. The third-order valence-corrected chi connectivity index (χ3v) is 2.49. The molecule has 0 heterocycles. The van der Waals surface area contributed by atoms with E-state index < -0.39 is 25.6 Å². The summed E-state index contributed by atoms with van der Waals surface area (Å²) in [5.41, 5.74) is -0.0726.